The van der Waals surface area contributed by atoms with Crippen LogP contribution >= 0.6 is 23.4 Å². The molecule has 10 heteroatoms. The number of halogens is 1. The number of rotatable bonds is 4. The molecule has 0 bridgehead atoms. The Bertz CT molecular complexity index is 1650. The Labute approximate surface area is 223 Å². The molecule has 5 heterocycles. The van der Waals surface area contributed by atoms with Crippen molar-refractivity contribution in [3.63, 3.8) is 0 Å². The molecule has 1 atom stereocenters. The second-order valence-electron chi connectivity index (χ2n) is 9.94. The molecule has 4 aromatic heterocycles. The van der Waals surface area contributed by atoms with E-state index in [9.17, 15) is 0 Å². The fourth-order valence-corrected chi connectivity index (χ4v) is 7.28. The van der Waals surface area contributed by atoms with Crippen molar-refractivity contribution in [2.45, 2.75) is 35.1 Å². The summed E-state index contributed by atoms with van der Waals surface area (Å²) in [6.45, 7) is 1.80. The molecule has 2 aliphatic rings. The van der Waals surface area contributed by atoms with Gasteiger partial charge in [0.15, 0.2) is 11.5 Å². The number of nitrogens with two attached hydrogens (primary N) is 2. The lowest BCUT2D eigenvalue weighted by Gasteiger charge is -2.42. The van der Waals surface area contributed by atoms with Crippen molar-refractivity contribution in [2.75, 3.05) is 30.8 Å². The molecule has 1 saturated heterocycles. The molecule has 1 unspecified atom stereocenters. The van der Waals surface area contributed by atoms with Crippen LogP contribution in [0, 0.1) is 5.41 Å². The molecule has 8 nitrogen and oxygen atoms in total. The number of imidazole rings is 2. The molecule has 1 aliphatic carbocycles. The maximum atomic E-state index is 6.85. The average molecular weight is 532 g/mol. The highest BCUT2D eigenvalue weighted by molar-refractivity contribution is 7.99. The first-order valence-corrected chi connectivity index (χ1v) is 13.5. The Morgan fingerprint density at radius 2 is 1.95 bits per heavy atom. The molecule has 1 aliphatic heterocycles. The Balaban J connectivity index is 1.17. The number of aromatic nitrogens is 4. The van der Waals surface area contributed by atoms with Gasteiger partial charge in [-0.2, -0.15) is 0 Å². The van der Waals surface area contributed by atoms with E-state index in [1.165, 1.54) is 22.9 Å². The number of piperidine rings is 1. The van der Waals surface area contributed by atoms with E-state index in [-0.39, 0.29) is 11.5 Å². The summed E-state index contributed by atoms with van der Waals surface area (Å²) < 4.78 is 7.77. The summed E-state index contributed by atoms with van der Waals surface area (Å²) >= 11 is 7.93. The zero-order chi connectivity index (χ0) is 25.3. The minimum atomic E-state index is 0.0257. The smallest absolute Gasteiger partial charge is 0.157 e. The van der Waals surface area contributed by atoms with Crippen LogP contribution in [-0.4, -0.2) is 39.6 Å². The monoisotopic (exact) mass is 531 g/mol. The highest BCUT2D eigenvalue weighted by Crippen LogP contribution is 2.53. The molecule has 7 rings (SSSR count). The molecule has 0 amide bonds. The lowest BCUT2D eigenvalue weighted by molar-refractivity contribution is 0.187. The molecule has 1 fully saturated rings. The van der Waals surface area contributed by atoms with Crippen LogP contribution in [0.15, 0.2) is 58.6 Å². The van der Waals surface area contributed by atoms with Gasteiger partial charge < -0.3 is 21.1 Å². The summed E-state index contributed by atoms with van der Waals surface area (Å²) in [5.41, 5.74) is 18.1. The first kappa shape index (κ1) is 22.9. The number of fused-ring (bicyclic) bond motifs is 1. The first-order chi connectivity index (χ1) is 18.0. The van der Waals surface area contributed by atoms with Gasteiger partial charge in [-0.1, -0.05) is 35.5 Å². The van der Waals surface area contributed by atoms with Crippen molar-refractivity contribution < 1.29 is 4.74 Å². The maximum absolute atomic E-state index is 6.85. The van der Waals surface area contributed by atoms with E-state index in [1.807, 2.05) is 36.5 Å². The Hall–Kier alpha value is -3.27. The Morgan fingerprint density at radius 3 is 2.76 bits per heavy atom. The second-order valence-corrected chi connectivity index (χ2v) is 11.4. The van der Waals surface area contributed by atoms with Crippen molar-refractivity contribution in [2.24, 2.45) is 11.1 Å². The largest absolute Gasteiger partial charge is 0.496 e. The van der Waals surface area contributed by atoms with Crippen LogP contribution in [0.2, 0.25) is 5.02 Å². The van der Waals surface area contributed by atoms with Crippen LogP contribution in [0.4, 0.5) is 11.6 Å². The topological polar surface area (TPSA) is 108 Å². The van der Waals surface area contributed by atoms with Crippen LogP contribution in [-0.2, 0) is 6.42 Å². The van der Waals surface area contributed by atoms with E-state index in [1.54, 1.807) is 13.3 Å². The summed E-state index contributed by atoms with van der Waals surface area (Å²) in [6, 6.07) is 12.2. The Kier molecular flexibility index (Phi) is 5.18. The molecule has 1 aromatic carbocycles. The Morgan fingerprint density at radius 1 is 1.11 bits per heavy atom. The van der Waals surface area contributed by atoms with Crippen LogP contribution < -0.4 is 21.1 Å². The summed E-state index contributed by atoms with van der Waals surface area (Å²) in [4.78, 5) is 18.0. The van der Waals surface area contributed by atoms with Gasteiger partial charge in [0.1, 0.15) is 22.7 Å². The third-order valence-corrected chi connectivity index (χ3v) is 9.72. The number of anilines is 2. The van der Waals surface area contributed by atoms with E-state index in [4.69, 9.17) is 37.8 Å². The molecule has 1 spiro atoms. The number of nitrogens with zero attached hydrogens (tertiary/aromatic N) is 5. The summed E-state index contributed by atoms with van der Waals surface area (Å²) in [5.74, 6) is 2.26. The van der Waals surface area contributed by atoms with Crippen molar-refractivity contribution in [1.82, 2.24) is 19.4 Å². The number of pyridine rings is 2. The van der Waals surface area contributed by atoms with Gasteiger partial charge in [-0.25, -0.2) is 15.0 Å². The minimum Gasteiger partial charge on any atom is -0.496 e. The zero-order valence-corrected chi connectivity index (χ0v) is 21.9. The highest BCUT2D eigenvalue weighted by Gasteiger charge is 2.47. The van der Waals surface area contributed by atoms with Crippen molar-refractivity contribution in [3.8, 4) is 5.75 Å². The average Bonchev–Trinajstić information content (AvgIpc) is 3.59. The minimum absolute atomic E-state index is 0.0257. The fraction of sp³-hybridized carbons (Fsp3) is 0.296. The number of hydrogen-bond donors (Lipinski definition) is 2. The SMILES string of the molecule is COc1cccc2c1CC1(CCN(c3nc4ccc(Sc5ccnc(N)c5Cl)c5ncc3n45)CC1)C2N. The number of nitrogen functional groups attached to an aromatic ring is 1. The van der Waals surface area contributed by atoms with Gasteiger partial charge in [0.25, 0.3) is 0 Å². The van der Waals surface area contributed by atoms with Gasteiger partial charge in [-0.3, -0.25) is 4.40 Å². The van der Waals surface area contributed by atoms with Crippen LogP contribution in [0.5, 0.6) is 5.75 Å². The number of hydrogen-bond acceptors (Lipinski definition) is 8. The summed E-state index contributed by atoms with van der Waals surface area (Å²) in [6.07, 6.45) is 6.56. The summed E-state index contributed by atoms with van der Waals surface area (Å²) in [5, 5.41) is 0.459. The van der Waals surface area contributed by atoms with Gasteiger partial charge in [-0.15, -0.1) is 0 Å². The van der Waals surface area contributed by atoms with Gasteiger partial charge >= 0.3 is 0 Å². The summed E-state index contributed by atoms with van der Waals surface area (Å²) in [7, 11) is 1.74. The maximum Gasteiger partial charge on any atom is 0.157 e. The van der Waals surface area contributed by atoms with Gasteiger partial charge in [-0.05, 0) is 60.1 Å². The lowest BCUT2D eigenvalue weighted by atomic mass is 9.73. The van der Waals surface area contributed by atoms with E-state index < -0.39 is 0 Å². The van der Waals surface area contributed by atoms with Crippen LogP contribution in [0.1, 0.15) is 30.0 Å². The standard InChI is InChI=1S/C27H26ClN7OS/c1-36-18-4-2-3-15-16(18)13-27(23(15)29)8-11-34(12-9-27)25-17-14-32-26-20(5-6-21(33-25)35(17)26)37-19-7-10-31-24(30)22(19)28/h2-7,10,14,23H,8-9,11-13,29H2,1H3,(H2,30,31). The molecule has 0 saturated carbocycles. The molecular formula is C27H26ClN7OS. The third-order valence-electron chi connectivity index (χ3n) is 8.12. The predicted octanol–water partition coefficient (Wildman–Crippen LogP) is 4.95. The fourth-order valence-electron chi connectivity index (χ4n) is 6.12. The second kappa shape index (κ2) is 8.37. The van der Waals surface area contributed by atoms with E-state index in [2.05, 4.69) is 20.4 Å². The molecule has 5 aromatic rings. The molecule has 4 N–H and O–H groups in total. The molecule has 37 heavy (non-hydrogen) atoms. The van der Waals surface area contributed by atoms with E-state index >= 15 is 0 Å². The van der Waals surface area contributed by atoms with Crippen molar-refractivity contribution in [1.29, 1.82) is 0 Å². The predicted molar refractivity (Wildman–Crippen MR) is 147 cm³/mol. The van der Waals surface area contributed by atoms with E-state index in [0.717, 1.165) is 70.5 Å². The number of benzene rings is 1. The zero-order valence-electron chi connectivity index (χ0n) is 20.3. The van der Waals surface area contributed by atoms with Crippen molar-refractivity contribution >= 4 is 51.8 Å². The molecule has 0 radical (unpaired) electrons. The normalized spacial score (nSPS) is 18.8. The molecule has 188 valence electrons. The quantitative estimate of drug-likeness (QED) is 0.335. The highest BCUT2D eigenvalue weighted by atomic mass is 35.5. The van der Waals surface area contributed by atoms with Crippen LogP contribution in [0.25, 0.3) is 16.8 Å². The van der Waals surface area contributed by atoms with Gasteiger partial charge in [0, 0.05) is 30.2 Å². The molecular weight excluding hydrogens is 506 g/mol. The number of methoxy groups -OCH3 is 1. The van der Waals surface area contributed by atoms with Gasteiger partial charge in [0.05, 0.1) is 23.2 Å². The van der Waals surface area contributed by atoms with Gasteiger partial charge in [0.2, 0.25) is 0 Å². The van der Waals surface area contributed by atoms with E-state index in [0.29, 0.717) is 10.8 Å². The number of ether oxygens (including phenoxy) is 1. The first-order valence-electron chi connectivity index (χ1n) is 12.3. The third kappa shape index (κ3) is 3.37. The lowest BCUT2D eigenvalue weighted by Crippen LogP contribution is -2.44. The van der Waals surface area contributed by atoms with Crippen molar-refractivity contribution in [3.05, 3.63) is 64.9 Å². The van der Waals surface area contributed by atoms with Crippen LogP contribution in [0.3, 0.4) is 0 Å².